The molecule has 0 bridgehead atoms. The maximum atomic E-state index is 9.12. The zero-order chi connectivity index (χ0) is 13.4. The minimum Gasteiger partial charge on any atom is -0.475 e. The Morgan fingerprint density at radius 3 is 2.22 bits per heavy atom. The molecule has 0 aromatic heterocycles. The Morgan fingerprint density at radius 2 is 1.72 bits per heavy atom. The molecule has 0 spiro atoms. The summed E-state index contributed by atoms with van der Waals surface area (Å²) in [6, 6.07) is 5.23. The average Bonchev–Trinajstić information content (AvgIpc) is 2.38. The summed E-state index contributed by atoms with van der Waals surface area (Å²) < 4.78 is 5.59. The third kappa shape index (κ3) is 5.25. The summed E-state index contributed by atoms with van der Waals surface area (Å²) in [7, 11) is 0. The summed E-state index contributed by atoms with van der Waals surface area (Å²) in [5.74, 6) is 0.599. The molecular formula is C14H21ClO3. The minimum atomic E-state index is -0.364. The Balaban J connectivity index is 2.59. The maximum absolute atomic E-state index is 9.12. The highest BCUT2D eigenvalue weighted by molar-refractivity contribution is 6.19. The number of unbranched alkanes of at least 4 members (excludes halogenated alkanes) is 2. The number of aliphatic hydroxyl groups excluding tert-OH is 2. The maximum Gasteiger partial charge on any atom is 0.172 e. The van der Waals surface area contributed by atoms with Crippen LogP contribution in [-0.2, 0) is 13.2 Å². The van der Waals surface area contributed by atoms with E-state index in [-0.39, 0.29) is 18.8 Å². The Labute approximate surface area is 113 Å². The van der Waals surface area contributed by atoms with Crippen LogP contribution in [0.4, 0.5) is 0 Å². The molecule has 0 saturated carbocycles. The summed E-state index contributed by atoms with van der Waals surface area (Å²) >= 11 is 6.09. The van der Waals surface area contributed by atoms with Crippen molar-refractivity contribution in [3.05, 3.63) is 29.3 Å². The first kappa shape index (κ1) is 15.3. The third-order valence-electron chi connectivity index (χ3n) is 2.69. The molecular weight excluding hydrogens is 252 g/mol. The fourth-order valence-electron chi connectivity index (χ4n) is 1.74. The van der Waals surface area contributed by atoms with Gasteiger partial charge in [0.25, 0.3) is 0 Å². The summed E-state index contributed by atoms with van der Waals surface area (Å²) in [6.07, 6.45) is 4.13. The van der Waals surface area contributed by atoms with Crippen LogP contribution in [-0.4, -0.2) is 15.8 Å². The molecule has 0 saturated heterocycles. The number of rotatable bonds is 8. The van der Waals surface area contributed by atoms with Crippen molar-refractivity contribution < 1.29 is 14.9 Å². The average molecular weight is 273 g/mol. The summed E-state index contributed by atoms with van der Waals surface area (Å²) in [5, 5.41) is 18.2. The lowest BCUT2D eigenvalue weighted by Gasteiger charge is -2.14. The molecule has 4 heteroatoms. The van der Waals surface area contributed by atoms with Crippen molar-refractivity contribution in [1.82, 2.24) is 0 Å². The number of hydrogen-bond acceptors (Lipinski definition) is 3. The van der Waals surface area contributed by atoms with Crippen LogP contribution >= 0.6 is 11.6 Å². The minimum absolute atomic E-state index is 0.0764. The first-order valence-corrected chi connectivity index (χ1v) is 6.78. The van der Waals surface area contributed by atoms with Gasteiger partial charge in [0.1, 0.15) is 5.75 Å². The lowest BCUT2D eigenvalue weighted by molar-refractivity contribution is 0.255. The molecule has 0 radical (unpaired) electrons. The molecule has 0 amide bonds. The van der Waals surface area contributed by atoms with Gasteiger partial charge < -0.3 is 14.9 Å². The largest absolute Gasteiger partial charge is 0.475 e. The number of halogens is 1. The first-order chi connectivity index (χ1) is 8.69. The van der Waals surface area contributed by atoms with Gasteiger partial charge in [-0.2, -0.15) is 0 Å². The predicted octanol–water partition coefficient (Wildman–Crippen LogP) is 3.20. The second-order valence-electron chi connectivity index (χ2n) is 4.33. The van der Waals surface area contributed by atoms with Gasteiger partial charge in [-0.05, 0) is 36.1 Å². The zero-order valence-electron chi connectivity index (χ0n) is 10.7. The number of alkyl halides is 1. The van der Waals surface area contributed by atoms with Gasteiger partial charge in [0, 0.05) is 0 Å². The number of hydrogen-bond donors (Lipinski definition) is 2. The van der Waals surface area contributed by atoms with Gasteiger partial charge in [-0.15, -0.1) is 0 Å². The van der Waals surface area contributed by atoms with Crippen LogP contribution in [0.3, 0.4) is 0 Å². The van der Waals surface area contributed by atoms with E-state index in [1.54, 1.807) is 18.2 Å². The number of ether oxygens (including phenoxy) is 1. The summed E-state index contributed by atoms with van der Waals surface area (Å²) in [4.78, 5) is 0. The third-order valence-corrected chi connectivity index (χ3v) is 3.00. The van der Waals surface area contributed by atoms with Gasteiger partial charge in [0.05, 0.1) is 13.2 Å². The van der Waals surface area contributed by atoms with E-state index in [2.05, 4.69) is 6.92 Å². The van der Waals surface area contributed by atoms with Crippen LogP contribution in [0.25, 0.3) is 0 Å². The van der Waals surface area contributed by atoms with E-state index in [9.17, 15) is 0 Å². The SMILES string of the molecule is CCCCCC(Cl)Oc1cc(CO)cc(CO)c1. The first-order valence-electron chi connectivity index (χ1n) is 6.35. The quantitative estimate of drug-likeness (QED) is 0.564. The second-order valence-corrected chi connectivity index (χ2v) is 4.81. The molecule has 0 aliphatic rings. The topological polar surface area (TPSA) is 49.7 Å². The molecule has 0 fully saturated rings. The molecule has 0 aliphatic heterocycles. The molecule has 1 atom stereocenters. The Hall–Kier alpha value is -0.770. The molecule has 1 unspecified atom stereocenters. The van der Waals surface area contributed by atoms with Crippen molar-refractivity contribution in [3.63, 3.8) is 0 Å². The fraction of sp³-hybridized carbons (Fsp3) is 0.571. The Bertz CT molecular complexity index is 333. The van der Waals surface area contributed by atoms with Crippen LogP contribution in [0.5, 0.6) is 5.75 Å². The van der Waals surface area contributed by atoms with Gasteiger partial charge in [-0.3, -0.25) is 0 Å². The van der Waals surface area contributed by atoms with Gasteiger partial charge in [0.2, 0.25) is 0 Å². The number of benzene rings is 1. The second kappa shape index (κ2) is 8.35. The lowest BCUT2D eigenvalue weighted by atomic mass is 10.1. The van der Waals surface area contributed by atoms with Gasteiger partial charge in [-0.25, -0.2) is 0 Å². The Kier molecular flexibility index (Phi) is 7.09. The Morgan fingerprint density at radius 1 is 1.11 bits per heavy atom. The highest BCUT2D eigenvalue weighted by atomic mass is 35.5. The molecule has 3 nitrogen and oxygen atoms in total. The van der Waals surface area contributed by atoms with E-state index in [0.29, 0.717) is 16.9 Å². The highest BCUT2D eigenvalue weighted by Gasteiger charge is 2.08. The molecule has 0 heterocycles. The molecule has 1 rings (SSSR count). The molecule has 1 aromatic rings. The molecule has 0 aliphatic carbocycles. The molecule has 18 heavy (non-hydrogen) atoms. The summed E-state index contributed by atoms with van der Waals surface area (Å²) in [5.41, 5.74) is 1.07. The van der Waals surface area contributed by atoms with Crippen LogP contribution in [0.1, 0.15) is 43.7 Å². The van der Waals surface area contributed by atoms with Crippen LogP contribution in [0, 0.1) is 0 Å². The van der Waals surface area contributed by atoms with Crippen molar-refractivity contribution in [2.75, 3.05) is 0 Å². The summed E-state index contributed by atoms with van der Waals surface area (Å²) in [6.45, 7) is 1.99. The van der Waals surface area contributed by atoms with E-state index in [1.165, 1.54) is 0 Å². The van der Waals surface area contributed by atoms with Crippen molar-refractivity contribution >= 4 is 11.6 Å². The normalized spacial score (nSPS) is 12.4. The molecule has 2 N–H and O–H groups in total. The van der Waals surface area contributed by atoms with E-state index < -0.39 is 0 Å². The van der Waals surface area contributed by atoms with Gasteiger partial charge >= 0.3 is 0 Å². The van der Waals surface area contributed by atoms with Crippen molar-refractivity contribution in [1.29, 1.82) is 0 Å². The van der Waals surface area contributed by atoms with E-state index >= 15 is 0 Å². The fourth-order valence-corrected chi connectivity index (χ4v) is 2.00. The van der Waals surface area contributed by atoms with E-state index in [0.717, 1.165) is 25.7 Å². The predicted molar refractivity (Wildman–Crippen MR) is 72.7 cm³/mol. The van der Waals surface area contributed by atoms with Gasteiger partial charge in [0.15, 0.2) is 5.56 Å². The van der Waals surface area contributed by atoms with Crippen molar-refractivity contribution in [2.24, 2.45) is 0 Å². The molecule has 102 valence electrons. The van der Waals surface area contributed by atoms with E-state index in [1.807, 2.05) is 0 Å². The van der Waals surface area contributed by atoms with Crippen LogP contribution in [0.2, 0.25) is 0 Å². The molecule has 1 aromatic carbocycles. The van der Waals surface area contributed by atoms with Crippen molar-refractivity contribution in [3.8, 4) is 5.75 Å². The smallest absolute Gasteiger partial charge is 0.172 e. The van der Waals surface area contributed by atoms with E-state index in [4.69, 9.17) is 26.6 Å². The number of aliphatic hydroxyl groups is 2. The highest BCUT2D eigenvalue weighted by Crippen LogP contribution is 2.21. The lowest BCUT2D eigenvalue weighted by Crippen LogP contribution is -2.09. The van der Waals surface area contributed by atoms with Gasteiger partial charge in [-0.1, -0.05) is 37.4 Å². The van der Waals surface area contributed by atoms with Crippen LogP contribution < -0.4 is 4.74 Å². The van der Waals surface area contributed by atoms with Crippen LogP contribution in [0.15, 0.2) is 18.2 Å². The zero-order valence-corrected chi connectivity index (χ0v) is 11.5. The van der Waals surface area contributed by atoms with Crippen molar-refractivity contribution in [2.45, 2.75) is 51.4 Å². The monoisotopic (exact) mass is 272 g/mol. The standard InChI is InChI=1S/C14H21ClO3/c1-2-3-4-5-14(15)18-13-7-11(9-16)6-12(8-13)10-17/h6-8,14,16-17H,2-5,9-10H2,1H3.